The minimum absolute atomic E-state index is 0.220. The summed E-state index contributed by atoms with van der Waals surface area (Å²) >= 11 is 6.07. The van der Waals surface area contributed by atoms with E-state index < -0.39 is 5.60 Å². The van der Waals surface area contributed by atoms with Crippen LogP contribution in [0.2, 0.25) is 5.02 Å². The summed E-state index contributed by atoms with van der Waals surface area (Å²) in [6.45, 7) is 6.94. The van der Waals surface area contributed by atoms with Crippen LogP contribution in [-0.4, -0.2) is 44.7 Å². The van der Waals surface area contributed by atoms with Crippen LogP contribution < -0.4 is 0 Å². The molecule has 0 bridgehead atoms. The molecular formula is C16H21ClN4O2. The Morgan fingerprint density at radius 3 is 2.65 bits per heavy atom. The number of carbonyl (C=O) groups is 1. The smallest absolute Gasteiger partial charge is 0.410 e. The normalized spacial score (nSPS) is 16.8. The fourth-order valence-corrected chi connectivity index (χ4v) is 2.96. The van der Waals surface area contributed by atoms with Crippen molar-refractivity contribution in [2.24, 2.45) is 0 Å². The molecule has 1 amide bonds. The van der Waals surface area contributed by atoms with Crippen LogP contribution in [0, 0.1) is 0 Å². The molecule has 124 valence electrons. The van der Waals surface area contributed by atoms with Crippen molar-refractivity contribution in [1.29, 1.82) is 0 Å². The van der Waals surface area contributed by atoms with Gasteiger partial charge in [-0.1, -0.05) is 16.8 Å². The Morgan fingerprint density at radius 1 is 1.30 bits per heavy atom. The largest absolute Gasteiger partial charge is 0.444 e. The number of hydrogen-bond acceptors (Lipinski definition) is 4. The molecule has 2 aromatic rings. The molecule has 0 aliphatic carbocycles. The van der Waals surface area contributed by atoms with Gasteiger partial charge in [0.2, 0.25) is 0 Å². The third-order valence-electron chi connectivity index (χ3n) is 3.90. The second-order valence-corrected chi connectivity index (χ2v) is 7.30. The van der Waals surface area contributed by atoms with Crippen LogP contribution in [0.5, 0.6) is 0 Å². The summed E-state index contributed by atoms with van der Waals surface area (Å²) in [5, 5.41) is 9.12. The molecule has 23 heavy (non-hydrogen) atoms. The quantitative estimate of drug-likeness (QED) is 0.797. The summed E-state index contributed by atoms with van der Waals surface area (Å²) in [6, 6.07) is 5.79. The van der Waals surface area contributed by atoms with Crippen LogP contribution in [0.4, 0.5) is 4.79 Å². The molecule has 1 saturated heterocycles. The van der Waals surface area contributed by atoms with E-state index in [0.717, 1.165) is 23.9 Å². The molecule has 1 aromatic carbocycles. The highest BCUT2D eigenvalue weighted by molar-refractivity contribution is 6.31. The molecule has 0 N–H and O–H groups in total. The molecule has 0 saturated carbocycles. The number of ether oxygens (including phenoxy) is 1. The highest BCUT2D eigenvalue weighted by Crippen LogP contribution is 2.27. The third-order valence-corrected chi connectivity index (χ3v) is 4.13. The number of piperidine rings is 1. The molecule has 1 aliphatic heterocycles. The van der Waals surface area contributed by atoms with Gasteiger partial charge in [-0.25, -0.2) is 9.48 Å². The minimum Gasteiger partial charge on any atom is -0.444 e. The Hall–Kier alpha value is -1.82. The van der Waals surface area contributed by atoms with E-state index in [1.807, 2.05) is 43.7 Å². The molecule has 7 heteroatoms. The van der Waals surface area contributed by atoms with Crippen LogP contribution in [0.3, 0.4) is 0 Å². The zero-order valence-corrected chi connectivity index (χ0v) is 14.4. The van der Waals surface area contributed by atoms with E-state index in [0.29, 0.717) is 18.1 Å². The number of benzene rings is 1. The summed E-state index contributed by atoms with van der Waals surface area (Å²) in [7, 11) is 0. The highest BCUT2D eigenvalue weighted by atomic mass is 35.5. The van der Waals surface area contributed by atoms with Gasteiger partial charge in [0.15, 0.2) is 0 Å². The molecule has 6 nitrogen and oxygen atoms in total. The van der Waals surface area contributed by atoms with E-state index in [-0.39, 0.29) is 12.1 Å². The van der Waals surface area contributed by atoms with E-state index >= 15 is 0 Å². The molecule has 1 aromatic heterocycles. The maximum atomic E-state index is 12.1. The summed E-state index contributed by atoms with van der Waals surface area (Å²) in [5.74, 6) is 0. The van der Waals surface area contributed by atoms with Crippen LogP contribution in [-0.2, 0) is 4.74 Å². The van der Waals surface area contributed by atoms with Crippen LogP contribution in [0.25, 0.3) is 11.0 Å². The SMILES string of the molecule is CC(C)(C)OC(=O)N1CCC(n2nnc3ccc(Cl)cc32)CC1. The van der Waals surface area contributed by atoms with Gasteiger partial charge in [0, 0.05) is 18.1 Å². The van der Waals surface area contributed by atoms with E-state index in [2.05, 4.69) is 10.3 Å². The Labute approximate surface area is 140 Å². The molecule has 1 fully saturated rings. The van der Waals surface area contributed by atoms with Gasteiger partial charge in [-0.05, 0) is 51.8 Å². The van der Waals surface area contributed by atoms with Crippen molar-refractivity contribution in [3.63, 3.8) is 0 Å². The number of carbonyl (C=O) groups excluding carboxylic acids is 1. The number of likely N-dealkylation sites (tertiary alicyclic amines) is 1. The maximum absolute atomic E-state index is 12.1. The standard InChI is InChI=1S/C16H21ClN4O2/c1-16(2,3)23-15(22)20-8-6-12(7-9-20)21-14-10-11(17)4-5-13(14)18-19-21/h4-5,10,12H,6-9H2,1-3H3. The lowest BCUT2D eigenvalue weighted by molar-refractivity contribution is 0.0185. The topological polar surface area (TPSA) is 60.2 Å². The zero-order chi connectivity index (χ0) is 16.6. The monoisotopic (exact) mass is 336 g/mol. The van der Waals surface area contributed by atoms with E-state index in [9.17, 15) is 4.79 Å². The minimum atomic E-state index is -0.465. The lowest BCUT2D eigenvalue weighted by atomic mass is 10.1. The fourth-order valence-electron chi connectivity index (χ4n) is 2.80. The summed E-state index contributed by atoms with van der Waals surface area (Å²) < 4.78 is 7.35. The number of rotatable bonds is 1. The molecule has 1 aliphatic rings. The van der Waals surface area contributed by atoms with Crippen LogP contribution >= 0.6 is 11.6 Å². The van der Waals surface area contributed by atoms with Crippen molar-refractivity contribution in [2.45, 2.75) is 45.3 Å². The highest BCUT2D eigenvalue weighted by Gasteiger charge is 2.28. The summed E-state index contributed by atoms with van der Waals surface area (Å²) in [4.78, 5) is 13.9. The van der Waals surface area contributed by atoms with Crippen molar-refractivity contribution < 1.29 is 9.53 Å². The van der Waals surface area contributed by atoms with Crippen molar-refractivity contribution in [2.75, 3.05) is 13.1 Å². The van der Waals surface area contributed by atoms with Crippen molar-refractivity contribution in [3.05, 3.63) is 23.2 Å². The Balaban J connectivity index is 1.69. The first-order valence-electron chi connectivity index (χ1n) is 7.82. The molecule has 2 heterocycles. The Morgan fingerprint density at radius 2 is 2.00 bits per heavy atom. The van der Waals surface area contributed by atoms with Crippen LogP contribution in [0.15, 0.2) is 18.2 Å². The predicted octanol–water partition coefficient (Wildman–Crippen LogP) is 3.66. The fraction of sp³-hybridized carbons (Fsp3) is 0.562. The number of halogens is 1. The van der Waals surface area contributed by atoms with Crippen molar-refractivity contribution in [1.82, 2.24) is 19.9 Å². The van der Waals surface area contributed by atoms with Gasteiger partial charge in [-0.15, -0.1) is 5.10 Å². The van der Waals surface area contributed by atoms with Crippen LogP contribution in [0.1, 0.15) is 39.7 Å². The Bertz CT molecular complexity index is 714. The summed E-state index contributed by atoms with van der Waals surface area (Å²) in [6.07, 6.45) is 1.40. The van der Waals surface area contributed by atoms with Gasteiger partial charge in [0.25, 0.3) is 0 Å². The number of aromatic nitrogens is 3. The number of hydrogen-bond donors (Lipinski definition) is 0. The average molecular weight is 337 g/mol. The molecular weight excluding hydrogens is 316 g/mol. The first kappa shape index (κ1) is 16.1. The Kier molecular flexibility index (Phi) is 4.19. The molecule has 0 radical (unpaired) electrons. The van der Waals surface area contributed by atoms with E-state index in [4.69, 9.17) is 16.3 Å². The number of fused-ring (bicyclic) bond motifs is 1. The van der Waals surface area contributed by atoms with E-state index in [1.54, 1.807) is 4.90 Å². The second-order valence-electron chi connectivity index (χ2n) is 6.87. The first-order valence-corrected chi connectivity index (χ1v) is 8.20. The lowest BCUT2D eigenvalue weighted by Gasteiger charge is -2.33. The molecule has 0 atom stereocenters. The predicted molar refractivity (Wildman–Crippen MR) is 88.6 cm³/mol. The van der Waals surface area contributed by atoms with Gasteiger partial charge < -0.3 is 9.64 Å². The number of amides is 1. The third kappa shape index (κ3) is 3.58. The van der Waals surface area contributed by atoms with Gasteiger partial charge in [-0.3, -0.25) is 0 Å². The zero-order valence-electron chi connectivity index (χ0n) is 13.6. The molecule has 0 spiro atoms. The maximum Gasteiger partial charge on any atom is 0.410 e. The summed E-state index contributed by atoms with van der Waals surface area (Å²) in [5.41, 5.74) is 1.31. The van der Waals surface area contributed by atoms with Crippen molar-refractivity contribution >= 4 is 28.7 Å². The van der Waals surface area contributed by atoms with Gasteiger partial charge in [-0.2, -0.15) is 0 Å². The van der Waals surface area contributed by atoms with Crippen molar-refractivity contribution in [3.8, 4) is 0 Å². The molecule has 3 rings (SSSR count). The second kappa shape index (κ2) is 6.00. The average Bonchev–Trinajstić information content (AvgIpc) is 2.88. The van der Waals surface area contributed by atoms with Gasteiger partial charge >= 0.3 is 6.09 Å². The van der Waals surface area contributed by atoms with Gasteiger partial charge in [0.1, 0.15) is 11.1 Å². The van der Waals surface area contributed by atoms with E-state index in [1.165, 1.54) is 0 Å². The number of nitrogens with zero attached hydrogens (tertiary/aromatic N) is 4. The lowest BCUT2D eigenvalue weighted by Crippen LogP contribution is -2.42. The first-order chi connectivity index (χ1) is 10.8. The molecule has 0 unspecified atom stereocenters. The van der Waals surface area contributed by atoms with Gasteiger partial charge in [0.05, 0.1) is 11.6 Å².